The monoisotopic (exact) mass is 339 g/mol. The largest absolute Gasteiger partial charge is 0.354 e. The highest BCUT2D eigenvalue weighted by molar-refractivity contribution is 5.85. The van der Waals surface area contributed by atoms with Crippen LogP contribution in [0.4, 0.5) is 9.18 Å². The molecule has 1 aliphatic heterocycles. The van der Waals surface area contributed by atoms with Crippen LogP contribution in [0.1, 0.15) is 5.56 Å². The van der Waals surface area contributed by atoms with Gasteiger partial charge in [0.1, 0.15) is 12.4 Å². The topological polar surface area (TPSA) is 71.1 Å². The number of benzene rings is 1. The highest BCUT2D eigenvalue weighted by Gasteiger charge is 2.29. The molecule has 0 radical (unpaired) electrons. The summed E-state index contributed by atoms with van der Waals surface area (Å²) in [6, 6.07) is 5.82. The predicted molar refractivity (Wildman–Crippen MR) is 84.6 cm³/mol. The fraction of sp³-hybridized carbons (Fsp3) is 0.500. The minimum absolute atomic E-state index is 0.0150. The van der Waals surface area contributed by atoms with E-state index in [1.165, 1.54) is 31.3 Å². The van der Waals surface area contributed by atoms with Gasteiger partial charge in [0.15, 0.2) is 6.29 Å². The quantitative estimate of drug-likeness (QED) is 0.711. The summed E-state index contributed by atoms with van der Waals surface area (Å²) in [7, 11) is 2.97. The maximum atomic E-state index is 12.9. The van der Waals surface area contributed by atoms with E-state index in [0.717, 1.165) is 5.56 Å². The lowest BCUT2D eigenvalue weighted by molar-refractivity contribution is -0.127. The van der Waals surface area contributed by atoms with Crippen molar-refractivity contribution in [2.75, 3.05) is 40.4 Å². The lowest BCUT2D eigenvalue weighted by atomic mass is 10.2. The summed E-state index contributed by atoms with van der Waals surface area (Å²) >= 11 is 0. The van der Waals surface area contributed by atoms with Crippen molar-refractivity contribution < 1.29 is 23.5 Å². The van der Waals surface area contributed by atoms with E-state index in [4.69, 9.17) is 9.47 Å². The van der Waals surface area contributed by atoms with E-state index in [9.17, 15) is 14.0 Å². The van der Waals surface area contributed by atoms with Gasteiger partial charge in [-0.15, -0.1) is 0 Å². The van der Waals surface area contributed by atoms with Gasteiger partial charge in [0, 0.05) is 33.9 Å². The number of ether oxygens (including phenoxy) is 2. The van der Waals surface area contributed by atoms with Crippen molar-refractivity contribution in [2.45, 2.75) is 12.8 Å². The first kappa shape index (κ1) is 18.2. The van der Waals surface area contributed by atoms with Crippen LogP contribution in [-0.4, -0.2) is 68.4 Å². The van der Waals surface area contributed by atoms with Gasteiger partial charge in [0.05, 0.1) is 6.54 Å². The standard InChI is InChI=1S/C16H22FN3O4/c1-23-15(24-2)9-18-14(21)11-20-8-7-19(16(20)22)10-12-3-5-13(17)6-4-12/h3-6,15H,7-11H2,1-2H3,(H,18,21). The first-order valence-corrected chi connectivity index (χ1v) is 7.64. The maximum absolute atomic E-state index is 12.9. The van der Waals surface area contributed by atoms with E-state index in [1.54, 1.807) is 17.0 Å². The second kappa shape index (κ2) is 8.60. The number of halogens is 1. The number of methoxy groups -OCH3 is 2. The summed E-state index contributed by atoms with van der Waals surface area (Å²) in [5.41, 5.74) is 0.846. The number of carbonyl (C=O) groups excluding carboxylic acids is 2. The summed E-state index contributed by atoms with van der Waals surface area (Å²) in [4.78, 5) is 27.3. The van der Waals surface area contributed by atoms with Crippen LogP contribution in [0.25, 0.3) is 0 Å². The lowest BCUT2D eigenvalue weighted by Crippen LogP contribution is -2.42. The molecule has 1 saturated heterocycles. The number of nitrogens with zero attached hydrogens (tertiary/aromatic N) is 2. The van der Waals surface area contributed by atoms with Crippen molar-refractivity contribution in [3.8, 4) is 0 Å². The Bertz CT molecular complexity index is 563. The molecule has 0 aliphatic carbocycles. The minimum Gasteiger partial charge on any atom is -0.354 e. The number of urea groups is 1. The van der Waals surface area contributed by atoms with E-state index in [2.05, 4.69) is 5.32 Å². The Morgan fingerprint density at radius 2 is 1.83 bits per heavy atom. The highest BCUT2D eigenvalue weighted by atomic mass is 19.1. The zero-order valence-electron chi connectivity index (χ0n) is 13.8. The van der Waals surface area contributed by atoms with Gasteiger partial charge in [-0.2, -0.15) is 0 Å². The van der Waals surface area contributed by atoms with Crippen LogP contribution < -0.4 is 5.32 Å². The molecule has 2 rings (SSSR count). The van der Waals surface area contributed by atoms with E-state index in [1.807, 2.05) is 0 Å². The molecule has 0 bridgehead atoms. The molecular formula is C16H22FN3O4. The average Bonchev–Trinajstić information content (AvgIpc) is 2.91. The molecular weight excluding hydrogens is 317 g/mol. The summed E-state index contributed by atoms with van der Waals surface area (Å²) in [5.74, 6) is -0.582. The molecule has 1 aliphatic rings. The highest BCUT2D eigenvalue weighted by Crippen LogP contribution is 2.13. The number of nitrogens with one attached hydrogen (secondary N) is 1. The van der Waals surface area contributed by atoms with Crippen LogP contribution in [0, 0.1) is 5.82 Å². The Labute approximate surface area is 140 Å². The molecule has 0 atom stereocenters. The number of carbonyl (C=O) groups is 2. The van der Waals surface area contributed by atoms with E-state index in [0.29, 0.717) is 19.6 Å². The molecule has 0 spiro atoms. The molecule has 24 heavy (non-hydrogen) atoms. The molecule has 1 N–H and O–H groups in total. The Morgan fingerprint density at radius 1 is 1.21 bits per heavy atom. The molecule has 132 valence electrons. The Kier molecular flexibility index (Phi) is 6.51. The summed E-state index contributed by atoms with van der Waals surface area (Å²) in [6.07, 6.45) is -0.516. The molecule has 7 nitrogen and oxygen atoms in total. The van der Waals surface area contributed by atoms with Gasteiger partial charge in [0.25, 0.3) is 0 Å². The van der Waals surface area contributed by atoms with Gasteiger partial charge in [0.2, 0.25) is 5.91 Å². The van der Waals surface area contributed by atoms with Crippen molar-refractivity contribution >= 4 is 11.9 Å². The van der Waals surface area contributed by atoms with Crippen LogP contribution in [-0.2, 0) is 20.8 Å². The zero-order valence-corrected chi connectivity index (χ0v) is 13.8. The van der Waals surface area contributed by atoms with Gasteiger partial charge in [-0.25, -0.2) is 9.18 Å². The van der Waals surface area contributed by atoms with E-state index < -0.39 is 6.29 Å². The summed E-state index contributed by atoms with van der Waals surface area (Å²) in [5, 5.41) is 2.66. The second-order valence-electron chi connectivity index (χ2n) is 5.46. The normalized spacial score (nSPS) is 14.6. The van der Waals surface area contributed by atoms with Crippen LogP contribution in [0.3, 0.4) is 0 Å². The van der Waals surface area contributed by atoms with Gasteiger partial charge in [-0.3, -0.25) is 4.79 Å². The van der Waals surface area contributed by atoms with Gasteiger partial charge < -0.3 is 24.6 Å². The smallest absolute Gasteiger partial charge is 0.320 e. The van der Waals surface area contributed by atoms with Crippen molar-refractivity contribution in [1.29, 1.82) is 0 Å². The summed E-state index contributed by atoms with van der Waals surface area (Å²) < 4.78 is 22.9. The first-order chi connectivity index (χ1) is 11.5. The third-order valence-corrected chi connectivity index (χ3v) is 3.79. The van der Waals surface area contributed by atoms with Gasteiger partial charge >= 0.3 is 6.03 Å². The molecule has 1 aromatic carbocycles. The lowest BCUT2D eigenvalue weighted by Gasteiger charge is -2.19. The minimum atomic E-state index is -0.516. The molecule has 3 amide bonds. The van der Waals surface area contributed by atoms with E-state index >= 15 is 0 Å². The maximum Gasteiger partial charge on any atom is 0.320 e. The average molecular weight is 339 g/mol. The van der Waals surface area contributed by atoms with Crippen LogP contribution in [0.15, 0.2) is 24.3 Å². The zero-order chi connectivity index (χ0) is 17.5. The predicted octanol–water partition coefficient (Wildman–Crippen LogP) is 0.798. The second-order valence-corrected chi connectivity index (χ2v) is 5.46. The van der Waals surface area contributed by atoms with Crippen molar-refractivity contribution in [3.05, 3.63) is 35.6 Å². The number of rotatable bonds is 8. The number of amides is 3. The van der Waals surface area contributed by atoms with Crippen molar-refractivity contribution in [2.24, 2.45) is 0 Å². The number of hydrogen-bond acceptors (Lipinski definition) is 4. The molecule has 1 aromatic rings. The van der Waals surface area contributed by atoms with Crippen molar-refractivity contribution in [3.63, 3.8) is 0 Å². The molecule has 0 unspecified atom stereocenters. The third kappa shape index (κ3) is 4.90. The van der Waals surface area contributed by atoms with Gasteiger partial charge in [-0.05, 0) is 17.7 Å². The van der Waals surface area contributed by atoms with Gasteiger partial charge in [-0.1, -0.05) is 12.1 Å². The SMILES string of the molecule is COC(CNC(=O)CN1CCN(Cc2ccc(F)cc2)C1=O)OC. The van der Waals surface area contributed by atoms with Crippen molar-refractivity contribution in [1.82, 2.24) is 15.1 Å². The Morgan fingerprint density at radius 3 is 2.46 bits per heavy atom. The molecule has 1 heterocycles. The fourth-order valence-electron chi connectivity index (χ4n) is 2.43. The van der Waals surface area contributed by atoms with Crippen LogP contribution in [0.2, 0.25) is 0 Å². The third-order valence-electron chi connectivity index (χ3n) is 3.79. The molecule has 8 heteroatoms. The molecule has 0 saturated carbocycles. The Balaban J connectivity index is 1.80. The summed E-state index contributed by atoms with van der Waals surface area (Å²) in [6.45, 7) is 1.60. The van der Waals surface area contributed by atoms with Crippen LogP contribution in [0.5, 0.6) is 0 Å². The molecule has 1 fully saturated rings. The van der Waals surface area contributed by atoms with Crippen LogP contribution >= 0.6 is 0 Å². The number of hydrogen-bond donors (Lipinski definition) is 1. The van der Waals surface area contributed by atoms with E-state index in [-0.39, 0.29) is 30.8 Å². The fourth-order valence-corrected chi connectivity index (χ4v) is 2.43. The first-order valence-electron chi connectivity index (χ1n) is 7.64. The Hall–Kier alpha value is -2.19. The molecule has 0 aromatic heterocycles.